The lowest BCUT2D eigenvalue weighted by Gasteiger charge is -2.17. The van der Waals surface area contributed by atoms with Gasteiger partial charge in [-0.1, -0.05) is 146 Å². The average Bonchev–Trinajstić information content (AvgIpc) is 4.05. The lowest BCUT2D eigenvalue weighted by atomic mass is 9.91. The van der Waals surface area contributed by atoms with Crippen molar-refractivity contribution < 1.29 is 4.42 Å². The third-order valence-electron chi connectivity index (χ3n) is 13.0. The zero-order valence-electron chi connectivity index (χ0n) is 34.7. The van der Waals surface area contributed by atoms with Crippen molar-refractivity contribution in [2.75, 3.05) is 0 Å². The Bertz CT molecular complexity index is 4260. The van der Waals surface area contributed by atoms with Crippen molar-refractivity contribution >= 4 is 96.8 Å². The zero-order chi connectivity index (χ0) is 42.6. The molecule has 14 aromatic rings. The Morgan fingerprint density at radius 3 is 1.89 bits per heavy atom. The Morgan fingerprint density at radius 1 is 0.369 bits per heavy atom. The molecule has 0 saturated carbocycles. The van der Waals surface area contributed by atoms with Gasteiger partial charge in [0.25, 0.3) is 0 Å². The third-order valence-corrected chi connectivity index (χ3v) is 14.1. The van der Waals surface area contributed by atoms with Gasteiger partial charge in [0.15, 0.2) is 17.5 Å². The first kappa shape index (κ1) is 36.1. The van der Waals surface area contributed by atoms with Gasteiger partial charge in [-0.3, -0.25) is 0 Å². The van der Waals surface area contributed by atoms with E-state index in [1.165, 1.54) is 36.3 Å². The van der Waals surface area contributed by atoms with Crippen molar-refractivity contribution in [3.8, 4) is 51.0 Å². The molecule has 6 heteroatoms. The van der Waals surface area contributed by atoms with Crippen LogP contribution >= 0.6 is 11.3 Å². The SMILES string of the molecule is c1ccc(-c2nc(-c3ccc(-n4c5ccccc5c5cc6ccccc6cc54)cc3-c3cc4ccccc4c4oc5ccccc5c34)nc(-c3cccc4sc5ccccc5c34)n2)cc1. The number of benzene rings is 10. The molecule has 0 aliphatic heterocycles. The molecule has 0 atom stereocenters. The standard InChI is InChI=1S/C59H34N4OS/c1-2-15-35(16-3-1)57-60-58(62-59(61-57)45-24-14-28-53-54(45)44-23-10-13-27-52(44)65-53)42-30-29-39(63-49-25-11-8-21-41(49)47-31-36-17-4-5-18-37(36)33-50(47)63)34-46(42)48-32-38-19-6-7-20-40(38)56-55(48)43-22-9-12-26-51(43)64-56/h1-34H. The summed E-state index contributed by atoms with van der Waals surface area (Å²) in [5.41, 5.74) is 9.84. The smallest absolute Gasteiger partial charge is 0.164 e. The fourth-order valence-corrected chi connectivity index (χ4v) is 11.2. The van der Waals surface area contributed by atoms with E-state index in [-0.39, 0.29) is 0 Å². The summed E-state index contributed by atoms with van der Waals surface area (Å²) in [5, 5.41) is 11.4. The molecule has 0 aliphatic carbocycles. The number of aromatic nitrogens is 4. The van der Waals surface area contributed by atoms with E-state index < -0.39 is 0 Å². The number of furan rings is 1. The summed E-state index contributed by atoms with van der Waals surface area (Å²) in [6.07, 6.45) is 0. The van der Waals surface area contributed by atoms with E-state index in [4.69, 9.17) is 19.4 Å². The number of hydrogen-bond acceptors (Lipinski definition) is 5. The van der Waals surface area contributed by atoms with E-state index in [0.717, 1.165) is 82.6 Å². The highest BCUT2D eigenvalue weighted by molar-refractivity contribution is 7.25. The lowest BCUT2D eigenvalue weighted by molar-refractivity contribution is 0.673. The molecule has 5 nitrogen and oxygen atoms in total. The molecule has 0 fully saturated rings. The highest BCUT2D eigenvalue weighted by Gasteiger charge is 2.24. The number of para-hydroxylation sites is 2. The fourth-order valence-electron chi connectivity index (χ4n) is 10.1. The Labute approximate surface area is 376 Å². The number of hydrogen-bond donors (Lipinski definition) is 0. The van der Waals surface area contributed by atoms with Crippen LogP contribution in [-0.4, -0.2) is 19.5 Å². The molecule has 4 heterocycles. The van der Waals surface area contributed by atoms with E-state index >= 15 is 0 Å². The van der Waals surface area contributed by atoms with Crippen molar-refractivity contribution in [2.45, 2.75) is 0 Å². The van der Waals surface area contributed by atoms with Gasteiger partial charge in [0, 0.05) is 69.5 Å². The van der Waals surface area contributed by atoms with Crippen LogP contribution in [0.15, 0.2) is 211 Å². The summed E-state index contributed by atoms with van der Waals surface area (Å²) in [6.45, 7) is 0. The second-order valence-corrected chi connectivity index (χ2v) is 17.8. The van der Waals surface area contributed by atoms with E-state index in [9.17, 15) is 0 Å². The number of nitrogens with zero attached hydrogens (tertiary/aromatic N) is 4. The van der Waals surface area contributed by atoms with Crippen LogP contribution < -0.4 is 0 Å². The van der Waals surface area contributed by atoms with Crippen LogP contribution in [0.2, 0.25) is 0 Å². The van der Waals surface area contributed by atoms with Crippen molar-refractivity contribution in [1.29, 1.82) is 0 Å². The second-order valence-electron chi connectivity index (χ2n) is 16.7. The summed E-state index contributed by atoms with van der Waals surface area (Å²) >= 11 is 1.79. The highest BCUT2D eigenvalue weighted by Crippen LogP contribution is 2.46. The Hall–Kier alpha value is -8.45. The van der Waals surface area contributed by atoms with Crippen LogP contribution in [0, 0.1) is 0 Å². The maximum atomic E-state index is 6.81. The molecular formula is C59H34N4OS. The minimum Gasteiger partial charge on any atom is -0.455 e. The predicted octanol–water partition coefficient (Wildman–Crippen LogP) is 16.2. The summed E-state index contributed by atoms with van der Waals surface area (Å²) in [4.78, 5) is 16.2. The summed E-state index contributed by atoms with van der Waals surface area (Å²) < 4.78 is 11.6. The second kappa shape index (κ2) is 14.0. The quantitative estimate of drug-likeness (QED) is 0.173. The summed E-state index contributed by atoms with van der Waals surface area (Å²) in [6, 6.07) is 73.3. The van der Waals surface area contributed by atoms with Crippen molar-refractivity contribution in [2.24, 2.45) is 0 Å². The van der Waals surface area contributed by atoms with E-state index in [2.05, 4.69) is 187 Å². The minimum absolute atomic E-state index is 0.592. The molecule has 4 aromatic heterocycles. The molecule has 0 unspecified atom stereocenters. The third kappa shape index (κ3) is 5.54. The Morgan fingerprint density at radius 2 is 1.03 bits per heavy atom. The molecule has 0 saturated heterocycles. The average molecular weight is 847 g/mol. The number of rotatable bonds is 5. The molecule has 0 radical (unpaired) electrons. The van der Waals surface area contributed by atoms with Gasteiger partial charge in [-0.15, -0.1) is 11.3 Å². The lowest BCUT2D eigenvalue weighted by Crippen LogP contribution is -2.02. The topological polar surface area (TPSA) is 56.7 Å². The molecular weight excluding hydrogens is 813 g/mol. The van der Waals surface area contributed by atoms with Gasteiger partial charge in [-0.25, -0.2) is 15.0 Å². The molecule has 14 rings (SSSR count). The van der Waals surface area contributed by atoms with E-state index in [1.807, 2.05) is 24.3 Å². The molecule has 65 heavy (non-hydrogen) atoms. The molecule has 0 amide bonds. The van der Waals surface area contributed by atoms with Gasteiger partial charge in [0.2, 0.25) is 0 Å². The molecule has 0 N–H and O–H groups in total. The van der Waals surface area contributed by atoms with Crippen LogP contribution in [0.4, 0.5) is 0 Å². The van der Waals surface area contributed by atoms with Gasteiger partial charge in [-0.2, -0.15) is 0 Å². The maximum Gasteiger partial charge on any atom is 0.164 e. The van der Waals surface area contributed by atoms with E-state index in [1.54, 1.807) is 11.3 Å². The van der Waals surface area contributed by atoms with Crippen LogP contribution in [0.5, 0.6) is 0 Å². The normalized spacial score (nSPS) is 12.0. The maximum absolute atomic E-state index is 6.81. The molecule has 0 aliphatic rings. The minimum atomic E-state index is 0.592. The Balaban J connectivity index is 1.11. The van der Waals surface area contributed by atoms with Crippen LogP contribution in [0.3, 0.4) is 0 Å². The van der Waals surface area contributed by atoms with Crippen molar-refractivity contribution in [1.82, 2.24) is 19.5 Å². The van der Waals surface area contributed by atoms with Crippen molar-refractivity contribution in [3.05, 3.63) is 206 Å². The van der Waals surface area contributed by atoms with Crippen LogP contribution in [-0.2, 0) is 0 Å². The molecule has 302 valence electrons. The van der Waals surface area contributed by atoms with Crippen LogP contribution in [0.25, 0.3) is 136 Å². The Kier molecular flexibility index (Phi) is 7.79. The van der Waals surface area contributed by atoms with Crippen molar-refractivity contribution in [3.63, 3.8) is 0 Å². The highest BCUT2D eigenvalue weighted by atomic mass is 32.1. The predicted molar refractivity (Wildman–Crippen MR) is 271 cm³/mol. The first-order chi connectivity index (χ1) is 32.2. The molecule has 0 spiro atoms. The first-order valence-electron chi connectivity index (χ1n) is 21.8. The monoisotopic (exact) mass is 846 g/mol. The van der Waals surface area contributed by atoms with Gasteiger partial charge in [0.1, 0.15) is 11.2 Å². The fraction of sp³-hybridized carbons (Fsp3) is 0. The zero-order valence-corrected chi connectivity index (χ0v) is 35.6. The number of thiophene rings is 1. The summed E-state index contributed by atoms with van der Waals surface area (Å²) in [7, 11) is 0. The van der Waals surface area contributed by atoms with Gasteiger partial charge in [0.05, 0.1) is 11.0 Å². The van der Waals surface area contributed by atoms with Gasteiger partial charge >= 0.3 is 0 Å². The molecule has 0 bridgehead atoms. The first-order valence-corrected chi connectivity index (χ1v) is 22.7. The van der Waals surface area contributed by atoms with Gasteiger partial charge in [-0.05, 0) is 87.9 Å². The number of fused-ring (bicyclic) bond motifs is 12. The largest absolute Gasteiger partial charge is 0.455 e. The van der Waals surface area contributed by atoms with Gasteiger partial charge < -0.3 is 8.98 Å². The van der Waals surface area contributed by atoms with Crippen LogP contribution in [0.1, 0.15) is 0 Å². The van der Waals surface area contributed by atoms with E-state index in [0.29, 0.717) is 17.5 Å². The molecule has 10 aromatic carbocycles. The summed E-state index contributed by atoms with van der Waals surface area (Å²) in [5.74, 6) is 1.84.